The number of halogens is 3. The largest absolute Gasteiger partial charge is 0.444 e. The van der Waals surface area contributed by atoms with Crippen molar-refractivity contribution in [3.63, 3.8) is 0 Å². The van der Waals surface area contributed by atoms with Crippen LogP contribution in [0, 0.1) is 24.4 Å². The van der Waals surface area contributed by atoms with E-state index in [2.05, 4.69) is 10.3 Å². The fraction of sp³-hybridized carbons (Fsp3) is 0.200. The van der Waals surface area contributed by atoms with Crippen molar-refractivity contribution < 1.29 is 22.4 Å². The van der Waals surface area contributed by atoms with Crippen molar-refractivity contribution in [3.05, 3.63) is 67.1 Å². The van der Waals surface area contributed by atoms with Crippen LogP contribution in [-0.4, -0.2) is 20.0 Å². The highest BCUT2D eigenvalue weighted by molar-refractivity contribution is 7.14. The third kappa shape index (κ3) is 3.51. The Hall–Kier alpha value is -3.67. The number of nitrogens with one attached hydrogen (secondary N) is 1. The van der Waals surface area contributed by atoms with Gasteiger partial charge in [0.1, 0.15) is 11.1 Å². The van der Waals surface area contributed by atoms with Crippen molar-refractivity contribution >= 4 is 33.5 Å². The number of anilines is 1. The summed E-state index contributed by atoms with van der Waals surface area (Å²) in [6.45, 7) is 1.58. The van der Waals surface area contributed by atoms with Gasteiger partial charge < -0.3 is 9.73 Å². The molecule has 0 aliphatic rings. The third-order valence-corrected chi connectivity index (χ3v) is 5.71. The number of hydrogen-bond donors (Lipinski definition) is 1. The molecule has 166 valence electrons. The van der Waals surface area contributed by atoms with Crippen LogP contribution in [-0.2, 0) is 25.3 Å². The molecule has 0 saturated carbocycles. The van der Waals surface area contributed by atoms with Gasteiger partial charge in [0.05, 0.1) is 12.1 Å². The van der Waals surface area contributed by atoms with Gasteiger partial charge in [0.2, 0.25) is 11.6 Å². The molecule has 4 aromatic rings. The van der Waals surface area contributed by atoms with Gasteiger partial charge in [0.15, 0.2) is 22.6 Å². The van der Waals surface area contributed by atoms with Crippen molar-refractivity contribution in [2.75, 3.05) is 5.32 Å². The molecule has 4 rings (SSSR count). The second-order valence-corrected chi connectivity index (χ2v) is 7.90. The monoisotopic (exact) mass is 464 g/mol. The Morgan fingerprint density at radius 1 is 1.16 bits per heavy atom. The molecule has 32 heavy (non-hydrogen) atoms. The average molecular weight is 464 g/mol. The summed E-state index contributed by atoms with van der Waals surface area (Å²) in [7, 11) is 2.78. The first-order valence-corrected chi connectivity index (χ1v) is 10.0. The minimum atomic E-state index is -1.58. The van der Waals surface area contributed by atoms with E-state index >= 15 is 0 Å². The number of carbonyl (C=O) groups is 1. The molecule has 8 nitrogen and oxygen atoms in total. The lowest BCUT2D eigenvalue weighted by atomic mass is 10.1. The summed E-state index contributed by atoms with van der Waals surface area (Å²) >= 11 is 1.00. The molecular weight excluding hydrogens is 449 g/mol. The summed E-state index contributed by atoms with van der Waals surface area (Å²) in [5, 5.41) is 4.27. The molecule has 0 spiro atoms. The minimum absolute atomic E-state index is 0.0132. The van der Waals surface area contributed by atoms with Gasteiger partial charge in [-0.15, -0.1) is 11.3 Å². The van der Waals surface area contributed by atoms with E-state index in [0.29, 0.717) is 11.3 Å². The Labute approximate surface area is 181 Å². The Morgan fingerprint density at radius 3 is 2.47 bits per heavy atom. The van der Waals surface area contributed by atoms with Gasteiger partial charge in [-0.1, -0.05) is 0 Å². The summed E-state index contributed by atoms with van der Waals surface area (Å²) in [5.74, 6) is -4.49. The van der Waals surface area contributed by atoms with Crippen molar-refractivity contribution in [3.8, 4) is 11.3 Å². The highest BCUT2D eigenvalue weighted by atomic mass is 32.1. The van der Waals surface area contributed by atoms with Crippen molar-refractivity contribution in [1.29, 1.82) is 0 Å². The van der Waals surface area contributed by atoms with Gasteiger partial charge in [-0.05, 0) is 19.1 Å². The molecule has 0 bridgehead atoms. The van der Waals surface area contributed by atoms with Crippen molar-refractivity contribution in [2.24, 2.45) is 14.1 Å². The fourth-order valence-corrected chi connectivity index (χ4v) is 4.03. The number of fused-ring (bicyclic) bond motifs is 1. The molecule has 3 aromatic heterocycles. The Kier molecular flexibility index (Phi) is 5.25. The topological polar surface area (TPSA) is 99.1 Å². The van der Waals surface area contributed by atoms with Crippen LogP contribution in [0.4, 0.5) is 18.3 Å². The van der Waals surface area contributed by atoms with Crippen LogP contribution < -0.4 is 16.6 Å². The van der Waals surface area contributed by atoms with Crippen LogP contribution in [0.2, 0.25) is 0 Å². The number of carbonyl (C=O) groups excluding carboxylic acids is 1. The van der Waals surface area contributed by atoms with E-state index in [1.54, 1.807) is 6.92 Å². The Morgan fingerprint density at radius 2 is 1.81 bits per heavy atom. The Bertz CT molecular complexity index is 1490. The average Bonchev–Trinajstić information content (AvgIpc) is 3.33. The fourth-order valence-electron chi connectivity index (χ4n) is 3.29. The quantitative estimate of drug-likeness (QED) is 0.469. The predicted molar refractivity (Wildman–Crippen MR) is 111 cm³/mol. The molecule has 1 N–H and O–H groups in total. The highest BCUT2D eigenvalue weighted by Gasteiger charge is 2.22. The first kappa shape index (κ1) is 21.6. The van der Waals surface area contributed by atoms with Gasteiger partial charge in [-0.3, -0.25) is 18.7 Å². The molecule has 1 amide bonds. The first-order valence-electron chi connectivity index (χ1n) is 9.16. The number of rotatable bonds is 4. The summed E-state index contributed by atoms with van der Waals surface area (Å²) in [5.41, 5.74) is -0.588. The zero-order valence-corrected chi connectivity index (χ0v) is 17.8. The van der Waals surface area contributed by atoms with Gasteiger partial charge in [-0.2, -0.15) is 0 Å². The molecule has 3 heterocycles. The number of furan rings is 1. The molecule has 1 aromatic carbocycles. The normalized spacial score (nSPS) is 11.3. The van der Waals surface area contributed by atoms with Gasteiger partial charge in [-0.25, -0.2) is 22.9 Å². The number of thiazole rings is 1. The molecule has 0 unspecified atom stereocenters. The molecule has 0 radical (unpaired) electrons. The zero-order chi connectivity index (χ0) is 23.3. The van der Waals surface area contributed by atoms with Crippen LogP contribution in [0.5, 0.6) is 0 Å². The number of amides is 1. The van der Waals surface area contributed by atoms with Crippen LogP contribution in [0.25, 0.3) is 22.4 Å². The summed E-state index contributed by atoms with van der Waals surface area (Å²) in [6, 6.07) is 1.61. The highest BCUT2D eigenvalue weighted by Crippen LogP contribution is 2.28. The lowest BCUT2D eigenvalue weighted by Gasteiger charge is -2.04. The van der Waals surface area contributed by atoms with E-state index in [1.807, 2.05) is 0 Å². The second-order valence-electron chi connectivity index (χ2n) is 7.04. The van der Waals surface area contributed by atoms with E-state index in [-0.39, 0.29) is 33.9 Å². The molecular formula is C20H15F3N4O4S. The minimum Gasteiger partial charge on any atom is -0.444 e. The molecule has 0 atom stereocenters. The van der Waals surface area contributed by atoms with Gasteiger partial charge in [0, 0.05) is 30.6 Å². The standard InChI is InChI=1S/C20H15F3N4O4S/c1-8-10(15-17(29)26(2)20(30)27(3)18(15)31-8)6-14(28)25-19-24-13(7-32-19)9-4-11(21)16(23)12(22)5-9/h4-5,7H,6H2,1-3H3,(H,24,25,28). The van der Waals surface area contributed by atoms with E-state index in [1.165, 1.54) is 24.0 Å². The van der Waals surface area contributed by atoms with E-state index in [0.717, 1.165) is 28.0 Å². The van der Waals surface area contributed by atoms with E-state index < -0.39 is 34.6 Å². The number of aromatic nitrogens is 3. The molecule has 0 aliphatic heterocycles. The number of aryl methyl sites for hydroxylation is 2. The molecule has 12 heteroatoms. The van der Waals surface area contributed by atoms with Crippen molar-refractivity contribution in [1.82, 2.24) is 14.1 Å². The van der Waals surface area contributed by atoms with Crippen LogP contribution >= 0.6 is 11.3 Å². The SMILES string of the molecule is Cc1oc2c(c1CC(=O)Nc1nc(-c3cc(F)c(F)c(F)c3)cs1)c(=O)n(C)c(=O)n2C. The maximum atomic E-state index is 13.5. The maximum Gasteiger partial charge on any atom is 0.333 e. The summed E-state index contributed by atoms with van der Waals surface area (Å²) in [6.07, 6.45) is -0.235. The maximum absolute atomic E-state index is 13.5. The van der Waals surface area contributed by atoms with Crippen LogP contribution in [0.15, 0.2) is 31.5 Å². The van der Waals surface area contributed by atoms with Gasteiger partial charge >= 0.3 is 5.69 Å². The first-order chi connectivity index (χ1) is 15.1. The number of benzene rings is 1. The summed E-state index contributed by atoms with van der Waals surface area (Å²) in [4.78, 5) is 41.3. The third-order valence-electron chi connectivity index (χ3n) is 4.95. The second kappa shape index (κ2) is 7.79. The molecule has 0 aliphatic carbocycles. The van der Waals surface area contributed by atoms with Crippen LogP contribution in [0.1, 0.15) is 11.3 Å². The molecule has 0 saturated heterocycles. The predicted octanol–water partition coefficient (Wildman–Crippen LogP) is 2.86. The number of nitrogens with zero attached hydrogens (tertiary/aromatic N) is 3. The summed E-state index contributed by atoms with van der Waals surface area (Å²) < 4.78 is 47.7. The lowest BCUT2D eigenvalue weighted by Crippen LogP contribution is -2.36. The van der Waals surface area contributed by atoms with Crippen LogP contribution in [0.3, 0.4) is 0 Å². The van der Waals surface area contributed by atoms with E-state index in [4.69, 9.17) is 4.42 Å². The lowest BCUT2D eigenvalue weighted by molar-refractivity contribution is -0.115. The van der Waals surface area contributed by atoms with Gasteiger partial charge in [0.25, 0.3) is 5.56 Å². The van der Waals surface area contributed by atoms with Crippen molar-refractivity contribution in [2.45, 2.75) is 13.3 Å². The number of hydrogen-bond acceptors (Lipinski definition) is 6. The zero-order valence-electron chi connectivity index (χ0n) is 17.0. The van der Waals surface area contributed by atoms with E-state index in [9.17, 15) is 27.6 Å². The molecule has 0 fully saturated rings. The smallest absolute Gasteiger partial charge is 0.333 e. The Balaban J connectivity index is 1.61.